The summed E-state index contributed by atoms with van der Waals surface area (Å²) in [4.78, 5) is 23.2. The van der Waals surface area contributed by atoms with Gasteiger partial charge in [-0.05, 0) is 20.8 Å². The second kappa shape index (κ2) is 5.28. The predicted octanol–water partition coefficient (Wildman–Crippen LogP) is 1.34. The molecule has 0 bridgehead atoms. The number of hydrogen-bond acceptors (Lipinski definition) is 4. The van der Waals surface area contributed by atoms with E-state index in [0.29, 0.717) is 4.90 Å². The van der Waals surface area contributed by atoms with Gasteiger partial charge in [-0.15, -0.1) is 0 Å². The van der Waals surface area contributed by atoms with Crippen LogP contribution in [0.3, 0.4) is 0 Å². The number of hydrogen-bond donors (Lipinski definition) is 1. The summed E-state index contributed by atoms with van der Waals surface area (Å²) in [5, 5.41) is 8.82. The monoisotopic (exact) mass is 281 g/mol. The number of carboxylic acids is 1. The van der Waals surface area contributed by atoms with Crippen molar-refractivity contribution < 1.29 is 33.0 Å². The topological polar surface area (TPSA) is 76.1 Å². The van der Waals surface area contributed by atoms with E-state index in [1.165, 1.54) is 0 Å². The standard InChI is InChI=1S/C11H17F2NO5/c1-10(2,3)19-9(17)14-4-7(8(15)16)18-6-11(12,13)5-14/h7H,4-6H2,1-3H3,(H,15,16). The van der Waals surface area contributed by atoms with Crippen LogP contribution in [0.2, 0.25) is 0 Å². The van der Waals surface area contributed by atoms with Crippen molar-refractivity contribution in [2.75, 3.05) is 19.7 Å². The van der Waals surface area contributed by atoms with Crippen LogP contribution in [0.5, 0.6) is 0 Å². The van der Waals surface area contributed by atoms with Gasteiger partial charge < -0.3 is 14.6 Å². The van der Waals surface area contributed by atoms with Gasteiger partial charge in [0.05, 0.1) is 13.1 Å². The number of aliphatic carboxylic acids is 1. The average Bonchev–Trinajstić information content (AvgIpc) is 2.34. The minimum Gasteiger partial charge on any atom is -0.479 e. The van der Waals surface area contributed by atoms with E-state index in [-0.39, 0.29) is 0 Å². The Kier molecular flexibility index (Phi) is 4.34. The lowest BCUT2D eigenvalue weighted by Crippen LogP contribution is -2.45. The number of carboxylic acid groups (broad SMARTS) is 1. The number of carbonyl (C=O) groups excluding carboxylic acids is 1. The Morgan fingerprint density at radius 3 is 2.47 bits per heavy atom. The summed E-state index contributed by atoms with van der Waals surface area (Å²) in [6.45, 7) is 2.33. The molecule has 0 aromatic carbocycles. The van der Waals surface area contributed by atoms with Gasteiger partial charge in [-0.3, -0.25) is 4.90 Å². The molecule has 110 valence electrons. The van der Waals surface area contributed by atoms with E-state index in [0.717, 1.165) is 0 Å². The molecule has 6 nitrogen and oxygen atoms in total. The lowest BCUT2D eigenvalue weighted by Gasteiger charge is -2.28. The van der Waals surface area contributed by atoms with Crippen LogP contribution < -0.4 is 0 Å². The highest BCUT2D eigenvalue weighted by Gasteiger charge is 2.42. The molecule has 19 heavy (non-hydrogen) atoms. The zero-order valence-corrected chi connectivity index (χ0v) is 11.0. The summed E-state index contributed by atoms with van der Waals surface area (Å²) in [7, 11) is 0. The van der Waals surface area contributed by atoms with Gasteiger partial charge in [-0.1, -0.05) is 0 Å². The predicted molar refractivity (Wildman–Crippen MR) is 60.1 cm³/mol. The first-order valence-corrected chi connectivity index (χ1v) is 5.70. The van der Waals surface area contributed by atoms with E-state index in [2.05, 4.69) is 4.74 Å². The number of rotatable bonds is 1. The van der Waals surface area contributed by atoms with Crippen LogP contribution >= 0.6 is 0 Å². The second-order valence-electron chi connectivity index (χ2n) is 5.35. The highest BCUT2D eigenvalue weighted by atomic mass is 19.3. The van der Waals surface area contributed by atoms with Crippen LogP contribution in [0.15, 0.2) is 0 Å². The Labute approximate surface area is 109 Å². The molecule has 1 N–H and O–H groups in total. The fraction of sp³-hybridized carbons (Fsp3) is 0.818. The van der Waals surface area contributed by atoms with Crippen molar-refractivity contribution in [3.05, 3.63) is 0 Å². The SMILES string of the molecule is CC(C)(C)OC(=O)N1CC(C(=O)O)OCC(F)(F)C1. The van der Waals surface area contributed by atoms with E-state index in [1.54, 1.807) is 20.8 Å². The fourth-order valence-corrected chi connectivity index (χ4v) is 1.48. The molecule has 0 saturated carbocycles. The van der Waals surface area contributed by atoms with Gasteiger partial charge in [0, 0.05) is 0 Å². The van der Waals surface area contributed by atoms with Gasteiger partial charge in [0.1, 0.15) is 12.2 Å². The highest BCUT2D eigenvalue weighted by Crippen LogP contribution is 2.22. The van der Waals surface area contributed by atoms with Crippen molar-refractivity contribution in [1.82, 2.24) is 4.90 Å². The Morgan fingerprint density at radius 1 is 1.42 bits per heavy atom. The minimum atomic E-state index is -3.30. The van der Waals surface area contributed by atoms with Gasteiger partial charge in [0.15, 0.2) is 6.10 Å². The molecule has 8 heteroatoms. The zero-order valence-electron chi connectivity index (χ0n) is 11.0. The molecule has 1 amide bonds. The summed E-state index contributed by atoms with van der Waals surface area (Å²) in [5.41, 5.74) is -0.849. The van der Waals surface area contributed by atoms with Crippen LogP contribution in [0.4, 0.5) is 13.6 Å². The molecule has 0 aromatic heterocycles. The smallest absolute Gasteiger partial charge is 0.410 e. The molecule has 0 radical (unpaired) electrons. The van der Waals surface area contributed by atoms with Crippen LogP contribution in [0.1, 0.15) is 20.8 Å². The largest absolute Gasteiger partial charge is 0.479 e. The highest BCUT2D eigenvalue weighted by molar-refractivity contribution is 5.74. The molecule has 0 aliphatic carbocycles. The van der Waals surface area contributed by atoms with E-state index in [1.807, 2.05) is 0 Å². The summed E-state index contributed by atoms with van der Waals surface area (Å²) in [6, 6.07) is 0. The molecule has 0 spiro atoms. The maximum atomic E-state index is 13.4. The lowest BCUT2D eigenvalue weighted by molar-refractivity contribution is -0.154. The Balaban J connectivity index is 2.83. The third-order valence-electron chi connectivity index (χ3n) is 2.23. The van der Waals surface area contributed by atoms with Gasteiger partial charge in [0.25, 0.3) is 5.92 Å². The number of nitrogens with zero attached hydrogens (tertiary/aromatic N) is 1. The van der Waals surface area contributed by atoms with Gasteiger partial charge in [0.2, 0.25) is 0 Å². The van der Waals surface area contributed by atoms with Crippen molar-refractivity contribution >= 4 is 12.1 Å². The third-order valence-corrected chi connectivity index (χ3v) is 2.23. The van der Waals surface area contributed by atoms with Crippen molar-refractivity contribution in [1.29, 1.82) is 0 Å². The molecular formula is C11H17F2NO5. The van der Waals surface area contributed by atoms with Gasteiger partial charge in [-0.25, -0.2) is 18.4 Å². The van der Waals surface area contributed by atoms with Crippen LogP contribution in [-0.2, 0) is 14.3 Å². The number of amides is 1. The number of halogens is 2. The summed E-state index contributed by atoms with van der Waals surface area (Å²) in [6.07, 6.45) is -2.47. The first kappa shape index (κ1) is 15.6. The van der Waals surface area contributed by atoms with E-state index >= 15 is 0 Å². The van der Waals surface area contributed by atoms with Crippen molar-refractivity contribution in [2.24, 2.45) is 0 Å². The van der Waals surface area contributed by atoms with Gasteiger partial charge >= 0.3 is 12.1 Å². The fourth-order valence-electron chi connectivity index (χ4n) is 1.48. The van der Waals surface area contributed by atoms with E-state index in [4.69, 9.17) is 9.84 Å². The molecule has 0 aromatic rings. The molecule has 1 unspecified atom stereocenters. The second-order valence-corrected chi connectivity index (χ2v) is 5.35. The molecular weight excluding hydrogens is 264 g/mol. The number of carbonyl (C=O) groups is 2. The van der Waals surface area contributed by atoms with Crippen LogP contribution in [0, 0.1) is 0 Å². The maximum absolute atomic E-state index is 13.4. The Morgan fingerprint density at radius 2 is 2.00 bits per heavy atom. The first-order valence-electron chi connectivity index (χ1n) is 5.70. The van der Waals surface area contributed by atoms with E-state index in [9.17, 15) is 18.4 Å². The summed E-state index contributed by atoms with van der Waals surface area (Å²) in [5.74, 6) is -4.70. The van der Waals surface area contributed by atoms with Crippen LogP contribution in [-0.4, -0.2) is 59.4 Å². The van der Waals surface area contributed by atoms with Gasteiger partial charge in [-0.2, -0.15) is 0 Å². The van der Waals surface area contributed by atoms with Crippen molar-refractivity contribution in [2.45, 2.75) is 38.4 Å². The lowest BCUT2D eigenvalue weighted by atomic mass is 10.2. The Bertz CT molecular complexity index is 367. The summed E-state index contributed by atoms with van der Waals surface area (Å²) >= 11 is 0. The molecule has 1 atom stereocenters. The maximum Gasteiger partial charge on any atom is 0.410 e. The van der Waals surface area contributed by atoms with Crippen molar-refractivity contribution in [3.63, 3.8) is 0 Å². The molecule has 1 heterocycles. The third kappa shape index (κ3) is 4.98. The molecule has 1 rings (SSSR count). The zero-order chi connectivity index (χ0) is 14.8. The molecule has 1 aliphatic heterocycles. The average molecular weight is 281 g/mol. The molecule has 1 saturated heterocycles. The normalized spacial score (nSPS) is 23.6. The van der Waals surface area contributed by atoms with Crippen molar-refractivity contribution in [3.8, 4) is 0 Å². The van der Waals surface area contributed by atoms with E-state index < -0.39 is 49.4 Å². The quantitative estimate of drug-likeness (QED) is 0.785. The minimum absolute atomic E-state index is 0.472. The molecule has 1 aliphatic rings. The first-order chi connectivity index (χ1) is 8.50. The molecule has 1 fully saturated rings. The number of alkyl halides is 2. The summed E-state index contributed by atoms with van der Waals surface area (Å²) < 4.78 is 36.3. The number of ether oxygens (including phenoxy) is 2. The Hall–Kier alpha value is -1.44. The van der Waals surface area contributed by atoms with Crippen LogP contribution in [0.25, 0.3) is 0 Å².